The van der Waals surface area contributed by atoms with Crippen molar-refractivity contribution in [3.8, 4) is 0 Å². The largest absolute Gasteiger partial charge is 0.465 e. The molecule has 1 heterocycles. The molecule has 0 aliphatic heterocycles. The molecular formula is C11H9BrFNO2S. The van der Waals surface area contributed by atoms with Crippen molar-refractivity contribution >= 4 is 43.5 Å². The van der Waals surface area contributed by atoms with Crippen molar-refractivity contribution in [2.75, 3.05) is 7.11 Å². The molecule has 1 aromatic heterocycles. The lowest BCUT2D eigenvalue weighted by atomic mass is 10.0. The number of carbonyl (C=O) groups is 1. The van der Waals surface area contributed by atoms with Crippen LogP contribution in [0.2, 0.25) is 0 Å². The summed E-state index contributed by atoms with van der Waals surface area (Å²) in [7, 11) is 1.28. The number of rotatable bonds is 2. The van der Waals surface area contributed by atoms with Crippen LogP contribution in [0.15, 0.2) is 9.98 Å². The summed E-state index contributed by atoms with van der Waals surface area (Å²) in [5, 5.41) is 0. The number of hydrogen-bond acceptors (Lipinski definition) is 4. The van der Waals surface area contributed by atoms with Gasteiger partial charge in [0.1, 0.15) is 5.52 Å². The third kappa shape index (κ3) is 2.07. The first kappa shape index (κ1) is 12.4. The van der Waals surface area contributed by atoms with Crippen LogP contribution in [0.4, 0.5) is 4.39 Å². The molecule has 90 valence electrons. The first-order chi connectivity index (χ1) is 8.08. The molecular weight excluding hydrogens is 309 g/mol. The molecule has 0 aliphatic carbocycles. The van der Waals surface area contributed by atoms with Crippen LogP contribution in [0.5, 0.6) is 0 Å². The Morgan fingerprint density at radius 3 is 2.94 bits per heavy atom. The molecule has 0 saturated carbocycles. The Bertz CT molecular complexity index is 597. The number of aromatic nitrogens is 1. The Hall–Kier alpha value is -1.01. The number of methoxy groups -OCH3 is 1. The first-order valence-electron chi connectivity index (χ1n) is 4.94. The number of carbonyl (C=O) groups excluding carboxylic acids is 1. The van der Waals surface area contributed by atoms with Crippen molar-refractivity contribution in [1.82, 2.24) is 4.98 Å². The molecule has 0 N–H and O–H groups in total. The summed E-state index contributed by atoms with van der Waals surface area (Å²) in [5.74, 6) is -0.959. The summed E-state index contributed by atoms with van der Waals surface area (Å²) in [4.78, 5) is 15.6. The van der Waals surface area contributed by atoms with Gasteiger partial charge in [-0.15, -0.1) is 11.3 Å². The summed E-state index contributed by atoms with van der Waals surface area (Å²) < 4.78 is 20.0. The van der Waals surface area contributed by atoms with Crippen molar-refractivity contribution in [3.05, 3.63) is 26.9 Å². The second kappa shape index (κ2) is 4.70. The molecule has 0 atom stereocenters. The lowest BCUT2D eigenvalue weighted by Gasteiger charge is -2.07. The number of fused-ring (bicyclic) bond motifs is 1. The Kier molecular flexibility index (Phi) is 3.44. The van der Waals surface area contributed by atoms with E-state index < -0.39 is 11.8 Å². The first-order valence-corrected chi connectivity index (χ1v) is 6.55. The van der Waals surface area contributed by atoms with Crippen LogP contribution in [0, 0.1) is 5.82 Å². The van der Waals surface area contributed by atoms with E-state index in [1.165, 1.54) is 18.4 Å². The average Bonchev–Trinajstić information content (AvgIpc) is 2.69. The Morgan fingerprint density at radius 2 is 2.35 bits per heavy atom. The fourth-order valence-corrected chi connectivity index (χ4v) is 3.10. The number of halogens is 2. The van der Waals surface area contributed by atoms with Crippen LogP contribution in [-0.2, 0) is 11.2 Å². The molecule has 17 heavy (non-hydrogen) atoms. The zero-order valence-corrected chi connectivity index (χ0v) is 11.6. The summed E-state index contributed by atoms with van der Waals surface area (Å²) in [6.45, 7) is 1.79. The molecule has 2 aromatic rings. The zero-order valence-electron chi connectivity index (χ0n) is 9.21. The SMILES string of the molecule is CCc1c(C(=O)OC)cc2sc(Br)nc2c1F. The lowest BCUT2D eigenvalue weighted by molar-refractivity contribution is 0.0599. The average molecular weight is 318 g/mol. The van der Waals surface area contributed by atoms with Gasteiger partial charge < -0.3 is 4.74 Å². The molecule has 0 unspecified atom stereocenters. The third-order valence-corrected chi connectivity index (χ3v) is 3.91. The minimum absolute atomic E-state index is 0.274. The third-order valence-electron chi connectivity index (χ3n) is 2.46. The van der Waals surface area contributed by atoms with Crippen LogP contribution < -0.4 is 0 Å². The van der Waals surface area contributed by atoms with Gasteiger partial charge in [-0.3, -0.25) is 0 Å². The number of benzene rings is 1. The second-order valence-electron chi connectivity index (χ2n) is 3.38. The van der Waals surface area contributed by atoms with E-state index >= 15 is 0 Å². The van der Waals surface area contributed by atoms with Crippen LogP contribution in [0.25, 0.3) is 10.2 Å². The van der Waals surface area contributed by atoms with Gasteiger partial charge in [-0.1, -0.05) is 6.92 Å². The van der Waals surface area contributed by atoms with E-state index in [0.717, 1.165) is 0 Å². The van der Waals surface area contributed by atoms with Gasteiger partial charge in [-0.2, -0.15) is 0 Å². The summed E-state index contributed by atoms with van der Waals surface area (Å²) in [5.41, 5.74) is 0.921. The smallest absolute Gasteiger partial charge is 0.338 e. The molecule has 0 radical (unpaired) electrons. The quantitative estimate of drug-likeness (QED) is 0.795. The van der Waals surface area contributed by atoms with Gasteiger partial charge >= 0.3 is 5.97 Å². The van der Waals surface area contributed by atoms with Gasteiger partial charge in [0.05, 0.1) is 17.4 Å². The summed E-state index contributed by atoms with van der Waals surface area (Å²) >= 11 is 4.49. The fourth-order valence-electron chi connectivity index (χ4n) is 1.68. The standard InChI is InChI=1S/C11H9BrFNO2S/c1-3-5-6(10(15)16-2)4-7-9(8(5)13)14-11(12)17-7/h4H,3H2,1-2H3. The van der Waals surface area contributed by atoms with Crippen molar-refractivity contribution < 1.29 is 13.9 Å². The van der Waals surface area contributed by atoms with E-state index in [9.17, 15) is 9.18 Å². The topological polar surface area (TPSA) is 39.2 Å². The minimum atomic E-state index is -0.521. The highest BCUT2D eigenvalue weighted by Crippen LogP contribution is 2.32. The molecule has 0 aliphatic rings. The van der Waals surface area contributed by atoms with Crippen LogP contribution in [0.1, 0.15) is 22.8 Å². The van der Waals surface area contributed by atoms with Crippen molar-refractivity contribution in [2.24, 2.45) is 0 Å². The molecule has 0 saturated heterocycles. The maximum Gasteiger partial charge on any atom is 0.338 e. The number of thiazole rings is 1. The van der Waals surface area contributed by atoms with Crippen molar-refractivity contribution in [2.45, 2.75) is 13.3 Å². The Balaban J connectivity index is 2.78. The maximum atomic E-state index is 14.2. The van der Waals surface area contributed by atoms with Crippen LogP contribution >= 0.6 is 27.3 Å². The van der Waals surface area contributed by atoms with Crippen LogP contribution in [-0.4, -0.2) is 18.1 Å². The van der Waals surface area contributed by atoms with E-state index in [0.29, 0.717) is 26.1 Å². The minimum Gasteiger partial charge on any atom is -0.465 e. The van der Waals surface area contributed by atoms with Gasteiger partial charge in [0, 0.05) is 5.56 Å². The van der Waals surface area contributed by atoms with Gasteiger partial charge in [0.2, 0.25) is 0 Å². The Morgan fingerprint density at radius 1 is 1.65 bits per heavy atom. The van der Waals surface area contributed by atoms with Gasteiger partial charge in [0.25, 0.3) is 0 Å². The van der Waals surface area contributed by atoms with Gasteiger partial charge in [-0.25, -0.2) is 14.2 Å². The number of nitrogens with zero attached hydrogens (tertiary/aromatic N) is 1. The molecule has 3 nitrogen and oxygen atoms in total. The highest BCUT2D eigenvalue weighted by atomic mass is 79.9. The number of esters is 1. The van der Waals surface area contributed by atoms with E-state index in [1.54, 1.807) is 13.0 Å². The summed E-state index contributed by atoms with van der Waals surface area (Å²) in [6, 6.07) is 1.63. The van der Waals surface area contributed by atoms with E-state index in [-0.39, 0.29) is 5.56 Å². The Labute approximate surface area is 110 Å². The highest BCUT2D eigenvalue weighted by Gasteiger charge is 2.20. The number of ether oxygens (including phenoxy) is 1. The lowest BCUT2D eigenvalue weighted by Crippen LogP contribution is -2.07. The molecule has 0 bridgehead atoms. The van der Waals surface area contributed by atoms with Gasteiger partial charge in [0.15, 0.2) is 9.73 Å². The second-order valence-corrected chi connectivity index (χ2v) is 5.68. The monoisotopic (exact) mass is 317 g/mol. The maximum absolute atomic E-state index is 14.2. The van der Waals surface area contributed by atoms with Gasteiger partial charge in [-0.05, 0) is 28.4 Å². The predicted molar refractivity (Wildman–Crippen MR) is 68.0 cm³/mol. The van der Waals surface area contributed by atoms with E-state index in [2.05, 4.69) is 25.7 Å². The van der Waals surface area contributed by atoms with Crippen LogP contribution in [0.3, 0.4) is 0 Å². The highest BCUT2D eigenvalue weighted by molar-refractivity contribution is 9.11. The molecule has 6 heteroatoms. The van der Waals surface area contributed by atoms with E-state index in [4.69, 9.17) is 0 Å². The fraction of sp³-hybridized carbons (Fsp3) is 0.273. The van der Waals surface area contributed by atoms with E-state index in [1.807, 2.05) is 0 Å². The zero-order chi connectivity index (χ0) is 12.6. The number of hydrogen-bond donors (Lipinski definition) is 0. The normalized spacial score (nSPS) is 10.8. The molecule has 0 amide bonds. The van der Waals surface area contributed by atoms with Crippen molar-refractivity contribution in [1.29, 1.82) is 0 Å². The molecule has 2 rings (SSSR count). The molecule has 0 fully saturated rings. The predicted octanol–water partition coefficient (Wildman–Crippen LogP) is 3.55. The molecule has 0 spiro atoms. The van der Waals surface area contributed by atoms with Crippen molar-refractivity contribution in [3.63, 3.8) is 0 Å². The molecule has 1 aromatic carbocycles. The summed E-state index contributed by atoms with van der Waals surface area (Å²) in [6.07, 6.45) is 0.418.